The van der Waals surface area contributed by atoms with Gasteiger partial charge in [0.1, 0.15) is 11.5 Å². The minimum Gasteiger partial charge on any atom is -0.443 e. The predicted molar refractivity (Wildman–Crippen MR) is 171 cm³/mol. The Kier molecular flexibility index (Phi) is 6.11. The topological polar surface area (TPSA) is 107 Å². The molecule has 5 aromatic rings. The summed E-state index contributed by atoms with van der Waals surface area (Å²) in [4.78, 5) is 26.6. The predicted octanol–water partition coefficient (Wildman–Crippen LogP) is 6.10. The highest BCUT2D eigenvalue weighted by atomic mass is 35.5. The molecular formula is C33H31ClN6O4S. The third-order valence-corrected chi connectivity index (χ3v) is 10.8. The molecular weight excluding hydrogens is 612 g/mol. The van der Waals surface area contributed by atoms with Crippen molar-refractivity contribution in [2.24, 2.45) is 5.41 Å². The SMILES string of the molecule is C[C@]1(c2ccc(Cl)cn2)Oc2cccc(N3CCC4(CC3)CC4c3nc4ccc(-c5nsc(=O)[nH]5)cc4n3CC3CCO3)c2O1. The lowest BCUT2D eigenvalue weighted by molar-refractivity contribution is -0.0716. The molecule has 2 saturated heterocycles. The van der Waals surface area contributed by atoms with Crippen LogP contribution in [0.4, 0.5) is 5.69 Å². The van der Waals surface area contributed by atoms with Gasteiger partial charge < -0.3 is 23.7 Å². The molecule has 1 N–H and O–H groups in total. The zero-order valence-electron chi connectivity index (χ0n) is 24.7. The summed E-state index contributed by atoms with van der Waals surface area (Å²) in [6.45, 7) is 5.36. The molecule has 0 amide bonds. The van der Waals surface area contributed by atoms with E-state index in [1.54, 1.807) is 12.3 Å². The molecule has 230 valence electrons. The van der Waals surface area contributed by atoms with Gasteiger partial charge in [0.25, 0.3) is 5.79 Å². The van der Waals surface area contributed by atoms with Crippen LogP contribution in [0, 0.1) is 5.41 Å². The molecule has 3 aromatic heterocycles. The maximum atomic E-state index is 11.8. The van der Waals surface area contributed by atoms with E-state index in [9.17, 15) is 4.79 Å². The molecule has 9 rings (SSSR count). The third kappa shape index (κ3) is 4.54. The molecule has 10 nitrogen and oxygen atoms in total. The minimum atomic E-state index is -1.01. The van der Waals surface area contributed by atoms with Crippen LogP contribution in [0.5, 0.6) is 11.5 Å². The van der Waals surface area contributed by atoms with Crippen molar-refractivity contribution in [2.75, 3.05) is 24.6 Å². The lowest BCUT2D eigenvalue weighted by Crippen LogP contribution is -2.36. The average molecular weight is 643 g/mol. The molecule has 1 saturated carbocycles. The maximum Gasteiger partial charge on any atom is 0.323 e. The van der Waals surface area contributed by atoms with Crippen LogP contribution in [0.15, 0.2) is 59.5 Å². The van der Waals surface area contributed by atoms with Crippen molar-refractivity contribution in [3.05, 3.63) is 80.9 Å². The molecule has 45 heavy (non-hydrogen) atoms. The smallest absolute Gasteiger partial charge is 0.323 e. The first-order chi connectivity index (χ1) is 21.9. The number of hydrogen-bond donors (Lipinski definition) is 1. The van der Waals surface area contributed by atoms with Crippen LogP contribution in [0.1, 0.15) is 50.0 Å². The van der Waals surface area contributed by atoms with Crippen molar-refractivity contribution in [3.63, 3.8) is 0 Å². The fourth-order valence-corrected chi connectivity index (χ4v) is 7.88. The Hall–Kier alpha value is -3.93. The summed E-state index contributed by atoms with van der Waals surface area (Å²) in [6, 6.07) is 15.9. The number of benzene rings is 2. The molecule has 3 atom stereocenters. The monoisotopic (exact) mass is 642 g/mol. The average Bonchev–Trinajstić information content (AvgIpc) is 3.31. The van der Waals surface area contributed by atoms with Gasteiger partial charge in [-0.2, -0.15) is 4.37 Å². The van der Waals surface area contributed by atoms with E-state index in [2.05, 4.69) is 35.9 Å². The Labute approximate surface area is 268 Å². The number of rotatable bonds is 6. The third-order valence-electron chi connectivity index (χ3n) is 10.0. The molecule has 1 spiro atoms. The quantitative estimate of drug-likeness (QED) is 0.237. The van der Waals surface area contributed by atoms with Crippen LogP contribution >= 0.6 is 23.1 Å². The molecule has 4 aliphatic rings. The molecule has 0 radical (unpaired) electrons. The first kappa shape index (κ1) is 27.4. The maximum absolute atomic E-state index is 11.8. The number of nitrogens with zero attached hydrogens (tertiary/aromatic N) is 5. The number of H-pyrrole nitrogens is 1. The number of imidazole rings is 1. The molecule has 2 unspecified atom stereocenters. The Morgan fingerprint density at radius 2 is 2.00 bits per heavy atom. The van der Waals surface area contributed by atoms with Gasteiger partial charge in [-0.05, 0) is 73.6 Å². The fourth-order valence-electron chi connectivity index (χ4n) is 7.30. The summed E-state index contributed by atoms with van der Waals surface area (Å²) < 4.78 is 25.3. The van der Waals surface area contributed by atoms with Crippen LogP contribution in [-0.4, -0.2) is 49.7 Å². The van der Waals surface area contributed by atoms with Crippen LogP contribution in [0.3, 0.4) is 0 Å². The van der Waals surface area contributed by atoms with Crippen molar-refractivity contribution in [1.29, 1.82) is 0 Å². The molecule has 0 bridgehead atoms. The van der Waals surface area contributed by atoms with E-state index < -0.39 is 5.79 Å². The van der Waals surface area contributed by atoms with Gasteiger partial charge in [0.05, 0.1) is 34.4 Å². The largest absolute Gasteiger partial charge is 0.443 e. The number of fused-ring (bicyclic) bond motifs is 2. The summed E-state index contributed by atoms with van der Waals surface area (Å²) in [7, 11) is 0. The molecule has 1 aliphatic carbocycles. The lowest BCUT2D eigenvalue weighted by atomic mass is 9.90. The van der Waals surface area contributed by atoms with E-state index in [1.165, 1.54) is 0 Å². The van der Waals surface area contributed by atoms with Gasteiger partial charge in [0, 0.05) is 55.8 Å². The van der Waals surface area contributed by atoms with Crippen LogP contribution in [0.2, 0.25) is 5.02 Å². The molecule has 6 heterocycles. The van der Waals surface area contributed by atoms with E-state index in [0.29, 0.717) is 22.5 Å². The number of ether oxygens (including phenoxy) is 3. The van der Waals surface area contributed by atoms with E-state index in [1.807, 2.05) is 37.3 Å². The normalized spacial score (nSPS) is 24.7. The van der Waals surface area contributed by atoms with Crippen molar-refractivity contribution in [1.82, 2.24) is 23.9 Å². The second-order valence-electron chi connectivity index (χ2n) is 12.7. The molecule has 3 fully saturated rings. The van der Waals surface area contributed by atoms with E-state index in [-0.39, 0.29) is 16.4 Å². The Morgan fingerprint density at radius 1 is 1.13 bits per heavy atom. The standard InChI is InChI=1S/C33H31ClN6O4S/c1-32(27-8-6-20(34)17-35-27)43-26-4-2-3-24(28(26)44-32)39-12-10-33(11-13-39)16-22(33)30-36-23-7-5-19(29-37-31(41)45-38-29)15-25(23)40(30)18-21-9-14-42-21/h2-8,15,17,21-22H,9-14,16,18H2,1H3,(H,37,38,41)/t21?,22?,32-/m0/s1. The van der Waals surface area contributed by atoms with Crippen molar-refractivity contribution in [3.8, 4) is 22.9 Å². The van der Waals surface area contributed by atoms with Crippen LogP contribution in [-0.2, 0) is 17.1 Å². The van der Waals surface area contributed by atoms with E-state index in [4.69, 9.17) is 30.8 Å². The summed E-state index contributed by atoms with van der Waals surface area (Å²) in [6.07, 6.45) is 6.17. The Bertz CT molecular complexity index is 1990. The zero-order valence-corrected chi connectivity index (χ0v) is 26.2. The molecule has 12 heteroatoms. The summed E-state index contributed by atoms with van der Waals surface area (Å²) >= 11 is 7.02. The van der Waals surface area contributed by atoms with E-state index in [0.717, 1.165) is 103 Å². The van der Waals surface area contributed by atoms with Gasteiger partial charge >= 0.3 is 4.87 Å². The number of aromatic nitrogens is 5. The summed E-state index contributed by atoms with van der Waals surface area (Å²) in [5, 5.41) is 0.573. The number of piperidine rings is 1. The lowest BCUT2D eigenvalue weighted by Gasteiger charge is -2.35. The van der Waals surface area contributed by atoms with Gasteiger partial charge in [-0.25, -0.2) is 4.98 Å². The van der Waals surface area contributed by atoms with E-state index >= 15 is 0 Å². The number of para-hydroxylation sites is 1. The number of aromatic amines is 1. The summed E-state index contributed by atoms with van der Waals surface area (Å²) in [5.41, 5.74) is 4.90. The van der Waals surface area contributed by atoms with Crippen molar-refractivity contribution >= 4 is 39.9 Å². The van der Waals surface area contributed by atoms with Gasteiger partial charge in [-0.1, -0.05) is 17.7 Å². The van der Waals surface area contributed by atoms with Crippen molar-refractivity contribution < 1.29 is 14.2 Å². The Morgan fingerprint density at radius 3 is 2.73 bits per heavy atom. The Balaban J connectivity index is 0.965. The van der Waals surface area contributed by atoms with Crippen LogP contribution in [0.25, 0.3) is 22.4 Å². The minimum absolute atomic E-state index is 0.152. The number of pyridine rings is 1. The van der Waals surface area contributed by atoms with Gasteiger partial charge in [-0.3, -0.25) is 14.8 Å². The first-order valence-corrected chi connectivity index (χ1v) is 16.6. The van der Waals surface area contributed by atoms with Gasteiger partial charge in [0.2, 0.25) is 0 Å². The number of halogens is 1. The first-order valence-electron chi connectivity index (χ1n) is 15.4. The van der Waals surface area contributed by atoms with Crippen molar-refractivity contribution in [2.45, 2.75) is 57.0 Å². The second kappa shape index (κ2) is 10.0. The molecule has 2 aromatic carbocycles. The number of nitrogens with one attached hydrogen (secondary N) is 1. The second-order valence-corrected chi connectivity index (χ2v) is 13.9. The zero-order chi connectivity index (χ0) is 30.3. The number of hydrogen-bond acceptors (Lipinski definition) is 9. The highest BCUT2D eigenvalue weighted by Gasteiger charge is 2.58. The highest BCUT2D eigenvalue weighted by Crippen LogP contribution is 2.65. The highest BCUT2D eigenvalue weighted by molar-refractivity contribution is 7.03. The van der Waals surface area contributed by atoms with Crippen LogP contribution < -0.4 is 19.2 Å². The number of anilines is 1. The fraction of sp³-hybridized carbons (Fsp3) is 0.394. The molecule has 3 aliphatic heterocycles. The summed E-state index contributed by atoms with van der Waals surface area (Å²) in [5.74, 6) is 2.63. The van der Waals surface area contributed by atoms with Gasteiger partial charge in [0.15, 0.2) is 17.3 Å². The van der Waals surface area contributed by atoms with Gasteiger partial charge in [-0.15, -0.1) is 0 Å².